The highest BCUT2D eigenvalue weighted by Gasteiger charge is 2.14. The number of hydrogen-bond acceptors (Lipinski definition) is 5. The number of rotatable bonds is 6. The molecule has 26 heavy (non-hydrogen) atoms. The van der Waals surface area contributed by atoms with Crippen molar-refractivity contribution in [1.29, 1.82) is 0 Å². The third kappa shape index (κ3) is 4.44. The van der Waals surface area contributed by atoms with Crippen LogP contribution in [0.2, 0.25) is 5.02 Å². The van der Waals surface area contributed by atoms with Crippen molar-refractivity contribution in [1.82, 2.24) is 19.7 Å². The number of thioether (sulfide) groups is 1. The first-order valence-corrected chi connectivity index (χ1v) is 9.95. The Labute approximate surface area is 168 Å². The summed E-state index contributed by atoms with van der Waals surface area (Å²) in [5.41, 5.74) is 1.59. The fourth-order valence-corrected chi connectivity index (χ4v) is 3.53. The second kappa shape index (κ2) is 8.66. The maximum absolute atomic E-state index is 12.2. The molecule has 2 heterocycles. The summed E-state index contributed by atoms with van der Waals surface area (Å²) in [4.78, 5) is 16.2. The number of amides is 1. The largest absolute Gasteiger partial charge is 0.325 e. The number of nitrogens with zero attached hydrogens (tertiary/aromatic N) is 4. The Bertz CT molecular complexity index is 919. The van der Waals surface area contributed by atoms with Gasteiger partial charge in [0.2, 0.25) is 5.91 Å². The van der Waals surface area contributed by atoms with Gasteiger partial charge in [-0.25, -0.2) is 0 Å². The molecule has 0 aliphatic heterocycles. The normalized spacial score (nSPS) is 10.7. The van der Waals surface area contributed by atoms with Crippen LogP contribution in [0.5, 0.6) is 0 Å². The summed E-state index contributed by atoms with van der Waals surface area (Å²) in [5.74, 6) is 0.851. The van der Waals surface area contributed by atoms with Gasteiger partial charge < -0.3 is 9.88 Å². The lowest BCUT2D eigenvalue weighted by Crippen LogP contribution is -2.14. The summed E-state index contributed by atoms with van der Waals surface area (Å²) in [6, 6.07) is 9.04. The van der Waals surface area contributed by atoms with E-state index in [1.165, 1.54) is 11.8 Å². The van der Waals surface area contributed by atoms with Crippen LogP contribution in [0.4, 0.5) is 5.69 Å². The molecule has 6 nitrogen and oxygen atoms in total. The Kier molecular flexibility index (Phi) is 6.29. The molecule has 1 amide bonds. The van der Waals surface area contributed by atoms with E-state index in [4.69, 9.17) is 11.6 Å². The standard InChI is InChI=1S/C17H15BrClN5OS/c1-2-24-16(11-5-7-20-8-6-11)22-23-17(24)26-10-15(25)21-12-3-4-13(18)14(19)9-12/h3-9H,2,10H2,1H3,(H,21,25). The Hall–Kier alpha value is -1.90. The Morgan fingerprint density at radius 3 is 2.73 bits per heavy atom. The van der Waals surface area contributed by atoms with Crippen molar-refractivity contribution in [2.24, 2.45) is 0 Å². The average Bonchev–Trinajstić information content (AvgIpc) is 3.07. The molecular formula is C17H15BrClN5OS. The van der Waals surface area contributed by atoms with Gasteiger partial charge in [0.1, 0.15) is 0 Å². The summed E-state index contributed by atoms with van der Waals surface area (Å²) in [7, 11) is 0. The third-order valence-corrected chi connectivity index (χ3v) is 5.71. The first-order chi connectivity index (χ1) is 12.6. The van der Waals surface area contributed by atoms with Gasteiger partial charge in [0.15, 0.2) is 11.0 Å². The molecule has 0 unspecified atom stereocenters. The molecule has 0 atom stereocenters. The Morgan fingerprint density at radius 2 is 2.04 bits per heavy atom. The molecule has 0 aliphatic rings. The smallest absolute Gasteiger partial charge is 0.234 e. The van der Waals surface area contributed by atoms with E-state index in [9.17, 15) is 4.79 Å². The van der Waals surface area contributed by atoms with E-state index >= 15 is 0 Å². The summed E-state index contributed by atoms with van der Waals surface area (Å²) in [6.07, 6.45) is 3.43. The van der Waals surface area contributed by atoms with Crippen molar-refractivity contribution in [3.8, 4) is 11.4 Å². The SMILES string of the molecule is CCn1c(SCC(=O)Nc2ccc(Br)c(Cl)c2)nnc1-c1ccncc1. The fraction of sp³-hybridized carbons (Fsp3) is 0.176. The van der Waals surface area contributed by atoms with Gasteiger partial charge >= 0.3 is 0 Å². The van der Waals surface area contributed by atoms with Crippen LogP contribution in [0.15, 0.2) is 52.4 Å². The number of halogens is 2. The molecule has 0 fully saturated rings. The van der Waals surface area contributed by atoms with Crippen LogP contribution in [0.25, 0.3) is 11.4 Å². The minimum atomic E-state index is -0.135. The minimum absolute atomic E-state index is 0.135. The molecule has 9 heteroatoms. The summed E-state index contributed by atoms with van der Waals surface area (Å²) in [6.45, 7) is 2.72. The van der Waals surface area contributed by atoms with Crippen molar-refractivity contribution >= 4 is 50.9 Å². The zero-order valence-corrected chi connectivity index (χ0v) is 17.0. The Morgan fingerprint density at radius 1 is 1.27 bits per heavy atom. The minimum Gasteiger partial charge on any atom is -0.325 e. The molecule has 3 rings (SSSR count). The quantitative estimate of drug-likeness (QED) is 0.557. The number of hydrogen-bond donors (Lipinski definition) is 1. The molecule has 0 radical (unpaired) electrons. The highest BCUT2D eigenvalue weighted by Crippen LogP contribution is 2.26. The van der Waals surface area contributed by atoms with Gasteiger partial charge in [-0.05, 0) is 53.2 Å². The number of anilines is 1. The lowest BCUT2D eigenvalue weighted by molar-refractivity contribution is -0.113. The summed E-state index contributed by atoms with van der Waals surface area (Å²) < 4.78 is 2.76. The van der Waals surface area contributed by atoms with Crippen molar-refractivity contribution < 1.29 is 4.79 Å². The lowest BCUT2D eigenvalue weighted by atomic mass is 10.2. The Balaban J connectivity index is 1.67. The second-order valence-electron chi connectivity index (χ2n) is 5.25. The molecule has 2 aromatic heterocycles. The monoisotopic (exact) mass is 451 g/mol. The number of pyridine rings is 1. The maximum Gasteiger partial charge on any atom is 0.234 e. The van der Waals surface area contributed by atoms with Crippen molar-refractivity contribution in [3.05, 3.63) is 52.2 Å². The van der Waals surface area contributed by atoms with Gasteiger partial charge in [0, 0.05) is 34.7 Å². The van der Waals surface area contributed by atoms with Crippen LogP contribution in [0.1, 0.15) is 6.92 Å². The summed E-state index contributed by atoms with van der Waals surface area (Å²) in [5, 5.41) is 12.5. The van der Waals surface area contributed by atoms with Crippen LogP contribution < -0.4 is 5.32 Å². The highest BCUT2D eigenvalue weighted by atomic mass is 79.9. The van der Waals surface area contributed by atoms with Gasteiger partial charge in [-0.1, -0.05) is 23.4 Å². The number of aromatic nitrogens is 4. The molecule has 0 aliphatic carbocycles. The zero-order valence-electron chi connectivity index (χ0n) is 13.8. The molecule has 0 saturated heterocycles. The molecule has 134 valence electrons. The molecule has 3 aromatic rings. The maximum atomic E-state index is 12.2. The number of carbonyl (C=O) groups is 1. The molecular weight excluding hydrogens is 438 g/mol. The lowest BCUT2D eigenvalue weighted by Gasteiger charge is -2.08. The van der Waals surface area contributed by atoms with Crippen LogP contribution >= 0.6 is 39.3 Å². The first kappa shape index (κ1) is 18.9. The molecule has 0 saturated carbocycles. The number of nitrogens with one attached hydrogen (secondary N) is 1. The molecule has 1 aromatic carbocycles. The van der Waals surface area contributed by atoms with E-state index in [1.807, 2.05) is 23.6 Å². The van der Waals surface area contributed by atoms with Gasteiger partial charge in [-0.15, -0.1) is 10.2 Å². The van der Waals surface area contributed by atoms with E-state index in [0.29, 0.717) is 22.4 Å². The van der Waals surface area contributed by atoms with E-state index in [-0.39, 0.29) is 11.7 Å². The second-order valence-corrected chi connectivity index (χ2v) is 7.46. The molecule has 1 N–H and O–H groups in total. The van der Waals surface area contributed by atoms with Gasteiger partial charge in [-0.2, -0.15) is 0 Å². The van der Waals surface area contributed by atoms with Crippen LogP contribution in [0.3, 0.4) is 0 Å². The van der Waals surface area contributed by atoms with Crippen LogP contribution in [-0.4, -0.2) is 31.4 Å². The van der Waals surface area contributed by atoms with Gasteiger partial charge in [0.05, 0.1) is 10.8 Å². The topological polar surface area (TPSA) is 72.7 Å². The third-order valence-electron chi connectivity index (χ3n) is 3.51. The van der Waals surface area contributed by atoms with Crippen molar-refractivity contribution in [2.75, 3.05) is 11.1 Å². The average molecular weight is 453 g/mol. The fourth-order valence-electron chi connectivity index (χ4n) is 2.30. The van der Waals surface area contributed by atoms with E-state index in [0.717, 1.165) is 15.9 Å². The van der Waals surface area contributed by atoms with Crippen LogP contribution in [-0.2, 0) is 11.3 Å². The summed E-state index contributed by atoms with van der Waals surface area (Å²) >= 11 is 10.7. The van der Waals surface area contributed by atoms with E-state index in [2.05, 4.69) is 36.4 Å². The van der Waals surface area contributed by atoms with E-state index in [1.54, 1.807) is 30.6 Å². The van der Waals surface area contributed by atoms with E-state index < -0.39 is 0 Å². The number of benzene rings is 1. The first-order valence-electron chi connectivity index (χ1n) is 7.79. The van der Waals surface area contributed by atoms with Gasteiger partial charge in [-0.3, -0.25) is 9.78 Å². The predicted octanol–water partition coefficient (Wildman–Crippen LogP) is 4.51. The predicted molar refractivity (Wildman–Crippen MR) is 107 cm³/mol. The van der Waals surface area contributed by atoms with Gasteiger partial charge in [0.25, 0.3) is 0 Å². The van der Waals surface area contributed by atoms with Crippen LogP contribution in [0, 0.1) is 0 Å². The number of carbonyl (C=O) groups excluding carboxylic acids is 1. The highest BCUT2D eigenvalue weighted by molar-refractivity contribution is 9.10. The molecule has 0 spiro atoms. The molecule has 0 bridgehead atoms. The zero-order chi connectivity index (χ0) is 18.5. The van der Waals surface area contributed by atoms with Crippen molar-refractivity contribution in [3.63, 3.8) is 0 Å². The van der Waals surface area contributed by atoms with Crippen molar-refractivity contribution in [2.45, 2.75) is 18.6 Å².